The quantitative estimate of drug-likeness (QED) is 0.166. The lowest BCUT2D eigenvalue weighted by atomic mass is 10.1. The zero-order chi connectivity index (χ0) is 24.1. The molecule has 2 aromatic rings. The van der Waals surface area contributed by atoms with E-state index >= 15 is 0 Å². The lowest BCUT2D eigenvalue weighted by Gasteiger charge is -2.06. The molecule has 2 aromatic carbocycles. The van der Waals surface area contributed by atoms with Gasteiger partial charge in [-0.2, -0.15) is 0 Å². The maximum atomic E-state index is 11.8. The molecule has 2 rings (SSSR count). The molecule has 0 saturated heterocycles. The van der Waals surface area contributed by atoms with Crippen LogP contribution in [0.2, 0.25) is 0 Å². The van der Waals surface area contributed by atoms with Gasteiger partial charge in [0.15, 0.2) is 0 Å². The van der Waals surface area contributed by atoms with Gasteiger partial charge in [-0.1, -0.05) is 43.5 Å². The predicted octanol–water partition coefficient (Wildman–Crippen LogP) is 5.02. The average molecular weight is 458 g/mol. The first-order chi connectivity index (χ1) is 15.9. The molecule has 0 fully saturated rings. The highest BCUT2D eigenvalue weighted by Crippen LogP contribution is 2.20. The largest absolute Gasteiger partial charge is 0.461 e. The van der Waals surface area contributed by atoms with Crippen LogP contribution < -0.4 is 0 Å². The Morgan fingerprint density at radius 1 is 0.636 bits per heavy atom. The van der Waals surface area contributed by atoms with Crippen LogP contribution in [-0.4, -0.2) is 21.8 Å². The van der Waals surface area contributed by atoms with E-state index in [0.717, 1.165) is 19.3 Å². The number of carbonyl (C=O) groups excluding carboxylic acids is 2. The number of unbranched alkanes of at least 4 members (excludes halogenated alkanes) is 4. The van der Waals surface area contributed by atoms with Crippen molar-refractivity contribution in [2.45, 2.75) is 58.2 Å². The summed E-state index contributed by atoms with van der Waals surface area (Å²) in [6.45, 7) is -0.269. The van der Waals surface area contributed by atoms with Crippen molar-refractivity contribution in [3.8, 4) is 0 Å². The number of carbonyl (C=O) groups is 2. The van der Waals surface area contributed by atoms with Gasteiger partial charge in [0.2, 0.25) is 0 Å². The second-order valence-electron chi connectivity index (χ2n) is 7.36. The zero-order valence-corrected chi connectivity index (χ0v) is 18.1. The predicted molar refractivity (Wildman–Crippen MR) is 118 cm³/mol. The van der Waals surface area contributed by atoms with E-state index in [1.54, 1.807) is 36.4 Å². The van der Waals surface area contributed by atoms with Crippen LogP contribution in [0.5, 0.6) is 0 Å². The summed E-state index contributed by atoms with van der Waals surface area (Å²) in [6.07, 6.45) is 4.08. The standard InChI is InChI=1S/C23H26N2O8/c26-22(32-16-18-10-6-8-12-20(18)24(28)29)14-4-2-1-3-5-15-23(27)33-17-19-11-7-9-13-21(19)25(30)31/h6-13H,1-5,14-17H2. The number of hydrogen-bond acceptors (Lipinski definition) is 8. The number of nitro groups is 2. The number of hydrogen-bond donors (Lipinski definition) is 0. The number of esters is 2. The van der Waals surface area contributed by atoms with Gasteiger partial charge in [0.05, 0.1) is 21.0 Å². The molecule has 0 heterocycles. The summed E-state index contributed by atoms with van der Waals surface area (Å²) >= 11 is 0. The van der Waals surface area contributed by atoms with Crippen LogP contribution in [-0.2, 0) is 32.3 Å². The van der Waals surface area contributed by atoms with Gasteiger partial charge in [0.1, 0.15) is 13.2 Å². The van der Waals surface area contributed by atoms with Gasteiger partial charge >= 0.3 is 11.9 Å². The van der Waals surface area contributed by atoms with Crippen LogP contribution in [0.25, 0.3) is 0 Å². The first-order valence-electron chi connectivity index (χ1n) is 10.6. The van der Waals surface area contributed by atoms with Gasteiger partial charge in [-0.05, 0) is 25.0 Å². The molecule has 0 radical (unpaired) electrons. The molecule has 10 heteroatoms. The van der Waals surface area contributed by atoms with E-state index in [2.05, 4.69) is 0 Å². The number of benzene rings is 2. The van der Waals surface area contributed by atoms with Gasteiger partial charge in [-0.25, -0.2) is 0 Å². The lowest BCUT2D eigenvalue weighted by Crippen LogP contribution is -2.06. The van der Waals surface area contributed by atoms with E-state index in [1.165, 1.54) is 12.1 Å². The lowest BCUT2D eigenvalue weighted by molar-refractivity contribution is -0.386. The highest BCUT2D eigenvalue weighted by molar-refractivity contribution is 5.69. The van der Waals surface area contributed by atoms with Gasteiger partial charge in [-0.15, -0.1) is 0 Å². The van der Waals surface area contributed by atoms with Crippen molar-refractivity contribution >= 4 is 23.3 Å². The summed E-state index contributed by atoms with van der Waals surface area (Å²) in [6, 6.07) is 12.2. The Kier molecular flexibility index (Phi) is 10.5. The van der Waals surface area contributed by atoms with E-state index in [9.17, 15) is 29.8 Å². The Morgan fingerprint density at radius 3 is 1.39 bits per heavy atom. The molecule has 0 bridgehead atoms. The second-order valence-corrected chi connectivity index (χ2v) is 7.36. The molecule has 0 spiro atoms. The Balaban J connectivity index is 1.54. The van der Waals surface area contributed by atoms with E-state index in [4.69, 9.17) is 9.47 Å². The topological polar surface area (TPSA) is 139 Å². The average Bonchev–Trinajstić information content (AvgIpc) is 2.81. The van der Waals surface area contributed by atoms with Gasteiger partial charge < -0.3 is 9.47 Å². The number of para-hydroxylation sites is 2. The molecule has 0 saturated carbocycles. The fraction of sp³-hybridized carbons (Fsp3) is 0.391. The van der Waals surface area contributed by atoms with Crippen LogP contribution in [0.4, 0.5) is 11.4 Å². The monoisotopic (exact) mass is 458 g/mol. The molecular formula is C23H26N2O8. The Labute approximate surface area is 190 Å². The molecule has 0 unspecified atom stereocenters. The normalized spacial score (nSPS) is 10.4. The van der Waals surface area contributed by atoms with E-state index in [1.807, 2.05) is 0 Å². The van der Waals surface area contributed by atoms with E-state index in [-0.39, 0.29) is 37.4 Å². The Morgan fingerprint density at radius 2 is 1.00 bits per heavy atom. The summed E-state index contributed by atoms with van der Waals surface area (Å²) < 4.78 is 10.2. The van der Waals surface area contributed by atoms with Crippen molar-refractivity contribution in [1.82, 2.24) is 0 Å². The molecular weight excluding hydrogens is 432 g/mol. The summed E-state index contributed by atoms with van der Waals surface area (Å²) in [7, 11) is 0. The van der Waals surface area contributed by atoms with Gasteiger partial charge in [0.25, 0.3) is 11.4 Å². The minimum atomic E-state index is -0.509. The maximum Gasteiger partial charge on any atom is 0.306 e. The fourth-order valence-electron chi connectivity index (χ4n) is 3.15. The number of nitro benzene ring substituents is 2. The molecule has 0 aliphatic carbocycles. The summed E-state index contributed by atoms with van der Waals surface area (Å²) in [5.74, 6) is -0.821. The molecule has 33 heavy (non-hydrogen) atoms. The summed E-state index contributed by atoms with van der Waals surface area (Å²) in [5, 5.41) is 21.9. The second kappa shape index (κ2) is 13.6. The minimum absolute atomic E-state index is 0.0779. The van der Waals surface area contributed by atoms with Crippen molar-refractivity contribution in [2.75, 3.05) is 0 Å². The summed E-state index contributed by atoms with van der Waals surface area (Å²) in [4.78, 5) is 44.6. The van der Waals surface area contributed by atoms with Crippen LogP contribution in [0.3, 0.4) is 0 Å². The van der Waals surface area contributed by atoms with E-state index in [0.29, 0.717) is 24.0 Å². The number of rotatable bonds is 14. The highest BCUT2D eigenvalue weighted by atomic mass is 16.6. The molecule has 0 aromatic heterocycles. The smallest absolute Gasteiger partial charge is 0.306 e. The van der Waals surface area contributed by atoms with Crippen LogP contribution >= 0.6 is 0 Å². The third-order valence-electron chi connectivity index (χ3n) is 4.92. The van der Waals surface area contributed by atoms with E-state index < -0.39 is 21.8 Å². The fourth-order valence-corrected chi connectivity index (χ4v) is 3.15. The molecule has 10 nitrogen and oxygen atoms in total. The van der Waals surface area contributed by atoms with Crippen molar-refractivity contribution in [3.63, 3.8) is 0 Å². The Bertz CT molecular complexity index is 899. The third-order valence-corrected chi connectivity index (χ3v) is 4.92. The SMILES string of the molecule is O=C(CCCCCCCC(=O)OCc1ccccc1[N+](=O)[O-])OCc1ccccc1[N+](=O)[O-]. The first kappa shape index (κ1) is 25.4. The zero-order valence-electron chi connectivity index (χ0n) is 18.1. The molecule has 0 aliphatic rings. The van der Waals surface area contributed by atoms with Crippen molar-refractivity contribution in [1.29, 1.82) is 0 Å². The van der Waals surface area contributed by atoms with Gasteiger partial charge in [0, 0.05) is 25.0 Å². The number of nitrogens with zero attached hydrogens (tertiary/aromatic N) is 2. The molecule has 0 atom stereocenters. The van der Waals surface area contributed by atoms with Crippen LogP contribution in [0, 0.1) is 20.2 Å². The molecule has 0 aliphatic heterocycles. The molecule has 0 amide bonds. The van der Waals surface area contributed by atoms with Crippen molar-refractivity contribution in [3.05, 3.63) is 79.9 Å². The molecule has 0 N–H and O–H groups in total. The van der Waals surface area contributed by atoms with Crippen LogP contribution in [0.1, 0.15) is 56.1 Å². The summed E-state index contributed by atoms with van der Waals surface area (Å²) in [5.41, 5.74) is 0.547. The first-order valence-corrected chi connectivity index (χ1v) is 10.6. The number of ether oxygens (including phenoxy) is 2. The Hall–Kier alpha value is -3.82. The highest BCUT2D eigenvalue weighted by Gasteiger charge is 2.15. The van der Waals surface area contributed by atoms with Gasteiger partial charge in [-0.3, -0.25) is 29.8 Å². The van der Waals surface area contributed by atoms with Crippen LogP contribution in [0.15, 0.2) is 48.5 Å². The molecule has 176 valence electrons. The van der Waals surface area contributed by atoms with Crippen molar-refractivity contribution in [2.24, 2.45) is 0 Å². The maximum absolute atomic E-state index is 11.8. The minimum Gasteiger partial charge on any atom is -0.461 e. The van der Waals surface area contributed by atoms with Crippen molar-refractivity contribution < 1.29 is 28.9 Å². The third kappa shape index (κ3) is 9.06.